The summed E-state index contributed by atoms with van der Waals surface area (Å²) >= 11 is 6.23. The Kier molecular flexibility index (Phi) is 15.8. The van der Waals surface area contributed by atoms with Gasteiger partial charge in [0.15, 0.2) is 11.2 Å². The summed E-state index contributed by atoms with van der Waals surface area (Å²) in [5, 5.41) is 14.1. The third-order valence-electron chi connectivity index (χ3n) is 18.7. The summed E-state index contributed by atoms with van der Waals surface area (Å²) in [6.07, 6.45) is 0.905. The van der Waals surface area contributed by atoms with Crippen molar-refractivity contribution in [3.05, 3.63) is 356 Å². The van der Waals surface area contributed by atoms with Crippen molar-refractivity contribution in [2.75, 3.05) is 4.90 Å². The van der Waals surface area contributed by atoms with E-state index < -0.39 is 0 Å². The van der Waals surface area contributed by atoms with Crippen LogP contribution in [0.2, 0.25) is 5.02 Å². The number of halogens is 1. The maximum absolute atomic E-state index is 6.54. The van der Waals surface area contributed by atoms with Gasteiger partial charge in [-0.2, -0.15) is 0 Å². The molecule has 0 spiro atoms. The Labute approximate surface area is 581 Å². The number of fused-ring (bicyclic) bond motifs is 16. The van der Waals surface area contributed by atoms with Gasteiger partial charge in [0.2, 0.25) is 11.8 Å². The Morgan fingerprint density at radius 3 is 1.20 bits per heavy atom. The molecule has 7 nitrogen and oxygen atoms in total. The SMILES string of the molecule is C.Clc1ccc2ccc3ccc4nc(-c5ccccc5)oc4c3c2c1.c1ccc(-c2ccc(Cc3ccc4c(c3)oc3ccccc34)cc2)cc1.c1ccc(-c2ccc(N(c3ccc4c(c3)oc3ccccc34)c3ccc4ccc5ccc6nc(-c7ccccc7)oc6c5c4c3)cc2)cc1. The molecule has 4 heterocycles. The molecule has 0 N–H and O–H groups in total. The highest BCUT2D eigenvalue weighted by molar-refractivity contribution is 6.32. The molecule has 0 atom stereocenters. The van der Waals surface area contributed by atoms with Crippen molar-refractivity contribution >= 4 is 138 Å². The number of hydrogen-bond acceptors (Lipinski definition) is 7. The molecule has 16 aromatic carbocycles. The average molecular weight is 1310 g/mol. The fourth-order valence-electron chi connectivity index (χ4n) is 13.8. The lowest BCUT2D eigenvalue weighted by Crippen LogP contribution is -2.09. The van der Waals surface area contributed by atoms with E-state index in [1.165, 1.54) is 44.2 Å². The molecule has 0 bridgehead atoms. The number of anilines is 3. The van der Waals surface area contributed by atoms with Crippen molar-refractivity contribution in [2.24, 2.45) is 0 Å². The van der Waals surface area contributed by atoms with Gasteiger partial charge < -0.3 is 22.6 Å². The molecule has 0 amide bonds. The maximum atomic E-state index is 6.54. The zero-order chi connectivity index (χ0) is 65.8. The Morgan fingerprint density at radius 1 is 0.270 bits per heavy atom. The summed E-state index contributed by atoms with van der Waals surface area (Å²) in [6.45, 7) is 0. The molecule has 0 fully saturated rings. The molecule has 0 aliphatic rings. The van der Waals surface area contributed by atoms with Gasteiger partial charge in [0.05, 0.1) is 0 Å². The second kappa shape index (κ2) is 26.0. The van der Waals surface area contributed by atoms with Gasteiger partial charge >= 0.3 is 0 Å². The van der Waals surface area contributed by atoms with Crippen LogP contribution in [0.1, 0.15) is 18.6 Å². The average Bonchev–Trinajstić information content (AvgIpc) is 1.64. The van der Waals surface area contributed by atoms with Gasteiger partial charge in [0, 0.05) is 71.6 Å². The molecule has 20 aromatic rings. The van der Waals surface area contributed by atoms with E-state index in [1.54, 1.807) is 0 Å². The largest absolute Gasteiger partial charge is 0.456 e. The number of aromatic nitrogens is 2. The topological polar surface area (TPSA) is 81.6 Å². The van der Waals surface area contributed by atoms with Crippen molar-refractivity contribution in [1.82, 2.24) is 9.97 Å². The van der Waals surface area contributed by atoms with Crippen molar-refractivity contribution in [3.63, 3.8) is 0 Å². The van der Waals surface area contributed by atoms with E-state index in [0.29, 0.717) is 11.8 Å². The highest BCUT2D eigenvalue weighted by Gasteiger charge is 2.20. The Balaban J connectivity index is 0.000000123. The first-order valence-electron chi connectivity index (χ1n) is 33.1. The molecule has 20 rings (SSSR count). The van der Waals surface area contributed by atoms with E-state index >= 15 is 0 Å². The lowest BCUT2D eigenvalue weighted by atomic mass is 9.99. The van der Waals surface area contributed by atoms with Crippen molar-refractivity contribution in [3.8, 4) is 45.2 Å². The molecule has 0 unspecified atom stereocenters. The summed E-state index contributed by atoms with van der Waals surface area (Å²) in [6, 6.07) is 117. The maximum Gasteiger partial charge on any atom is 0.227 e. The summed E-state index contributed by atoms with van der Waals surface area (Å²) in [4.78, 5) is 11.8. The van der Waals surface area contributed by atoms with Gasteiger partial charge in [-0.15, -0.1) is 0 Å². The third kappa shape index (κ3) is 11.5. The predicted octanol–water partition coefficient (Wildman–Crippen LogP) is 26.8. The minimum absolute atomic E-state index is 0. The number of oxazole rings is 2. The summed E-state index contributed by atoms with van der Waals surface area (Å²) < 4.78 is 25.1. The third-order valence-corrected chi connectivity index (χ3v) is 19.0. The van der Waals surface area contributed by atoms with Crippen LogP contribution in [0.5, 0.6) is 0 Å². The minimum Gasteiger partial charge on any atom is -0.456 e. The van der Waals surface area contributed by atoms with Crippen LogP contribution in [-0.2, 0) is 6.42 Å². The number of benzene rings is 16. The van der Waals surface area contributed by atoms with E-state index in [0.717, 1.165) is 138 Å². The van der Waals surface area contributed by atoms with Crippen molar-refractivity contribution in [2.45, 2.75) is 13.8 Å². The normalized spacial score (nSPS) is 11.4. The number of hydrogen-bond donors (Lipinski definition) is 0. The van der Waals surface area contributed by atoms with Crippen LogP contribution < -0.4 is 4.90 Å². The zero-order valence-corrected chi connectivity index (χ0v) is 54.1. The first-order valence-corrected chi connectivity index (χ1v) is 33.5. The Morgan fingerprint density at radius 2 is 0.650 bits per heavy atom. The monoisotopic (exact) mass is 1310 g/mol. The van der Waals surface area contributed by atoms with Crippen LogP contribution in [0.15, 0.2) is 357 Å². The van der Waals surface area contributed by atoms with Gasteiger partial charge in [0.1, 0.15) is 33.4 Å². The van der Waals surface area contributed by atoms with Crippen LogP contribution in [0.3, 0.4) is 0 Å². The van der Waals surface area contributed by atoms with Crippen LogP contribution in [0, 0.1) is 0 Å². The number of furan rings is 2. The first kappa shape index (κ1) is 60.8. The predicted molar refractivity (Wildman–Crippen MR) is 416 cm³/mol. The van der Waals surface area contributed by atoms with Gasteiger partial charge in [0.25, 0.3) is 0 Å². The number of nitrogens with zero attached hydrogens (tertiary/aromatic N) is 3. The molecular weight excluding hydrogens is 1250 g/mol. The van der Waals surface area contributed by atoms with Crippen LogP contribution >= 0.6 is 11.6 Å². The molecule has 0 aliphatic heterocycles. The highest BCUT2D eigenvalue weighted by Crippen LogP contribution is 2.44. The molecule has 0 saturated heterocycles. The lowest BCUT2D eigenvalue weighted by molar-refractivity contribution is 0.623. The minimum atomic E-state index is 0. The van der Waals surface area contributed by atoms with Gasteiger partial charge in [-0.05, 0) is 175 Å². The summed E-state index contributed by atoms with van der Waals surface area (Å²) in [5.41, 5.74) is 19.4. The molecule has 8 heteroatoms. The van der Waals surface area contributed by atoms with Gasteiger partial charge in [-0.25, -0.2) is 9.97 Å². The standard InChI is InChI=1S/C45H28N2O2.C25H18O.C21H12ClNO.CH4/c1-3-9-29(10-4-1)30-17-21-34(22-18-30)47(36-24-25-38-37-13-7-8-14-41(37)48-42(38)28-36)35-23-19-31-15-16-32-20-26-40-44(43(32)39(31)27-35)49-45(46-40)33-11-5-2-6-12-33;1-2-6-20(7-3-1)21-13-10-18(11-14-21)16-19-12-15-23-22-8-4-5-9-24(22)26-25(23)17-19;22-16-10-8-13-6-7-14-9-11-18-20(19(14)17(13)12-16)24-21(23-18)15-4-2-1-3-5-15;/h1-28H;1-15,17H,16H2;1-12H;1H4. The van der Waals surface area contributed by atoms with E-state index in [1.807, 2.05) is 127 Å². The second-order valence-electron chi connectivity index (χ2n) is 24.9. The first-order chi connectivity index (χ1) is 48.9. The van der Waals surface area contributed by atoms with Crippen LogP contribution in [0.4, 0.5) is 17.1 Å². The van der Waals surface area contributed by atoms with E-state index in [-0.39, 0.29) is 7.43 Å². The number of rotatable bonds is 9. The smallest absolute Gasteiger partial charge is 0.227 e. The van der Waals surface area contributed by atoms with Gasteiger partial charge in [-0.3, -0.25) is 0 Å². The fraction of sp³-hybridized carbons (Fsp3) is 0.0217. The molecule has 0 radical (unpaired) electrons. The van der Waals surface area contributed by atoms with Crippen LogP contribution in [0.25, 0.3) is 154 Å². The molecule has 0 aliphatic carbocycles. The van der Waals surface area contributed by atoms with E-state index in [4.69, 9.17) is 34.3 Å². The van der Waals surface area contributed by atoms with Crippen molar-refractivity contribution < 1.29 is 17.7 Å². The molecule has 0 saturated carbocycles. The lowest BCUT2D eigenvalue weighted by Gasteiger charge is -2.26. The quantitative estimate of drug-likeness (QED) is 0.133. The highest BCUT2D eigenvalue weighted by atomic mass is 35.5. The van der Waals surface area contributed by atoms with Crippen LogP contribution in [-0.4, -0.2) is 9.97 Å². The van der Waals surface area contributed by atoms with E-state index in [2.05, 4.69) is 222 Å². The van der Waals surface area contributed by atoms with E-state index in [9.17, 15) is 0 Å². The summed E-state index contributed by atoms with van der Waals surface area (Å²) in [5.74, 6) is 1.26. The molecule has 100 heavy (non-hydrogen) atoms. The molecular formula is C92H62ClN3O4. The zero-order valence-electron chi connectivity index (χ0n) is 53.4. The van der Waals surface area contributed by atoms with Gasteiger partial charge in [-0.1, -0.05) is 250 Å². The Hall–Kier alpha value is -12.8. The molecule has 476 valence electrons. The Bertz CT molecular complexity index is 6380. The second-order valence-corrected chi connectivity index (χ2v) is 25.3. The van der Waals surface area contributed by atoms with Crippen molar-refractivity contribution in [1.29, 1.82) is 0 Å². The number of para-hydroxylation sites is 2. The fourth-order valence-corrected chi connectivity index (χ4v) is 14.0. The summed E-state index contributed by atoms with van der Waals surface area (Å²) in [7, 11) is 0. The molecule has 4 aromatic heterocycles.